The molecule has 2 aromatic heterocycles. The third-order valence-corrected chi connectivity index (χ3v) is 6.84. The number of piperidine rings is 1. The lowest BCUT2D eigenvalue weighted by atomic mass is 10.0. The highest BCUT2D eigenvalue weighted by Gasteiger charge is 2.41. The summed E-state index contributed by atoms with van der Waals surface area (Å²) in [6, 6.07) is 1.27. The summed E-state index contributed by atoms with van der Waals surface area (Å²) in [6.07, 6.45) is 5.58. The van der Waals surface area contributed by atoms with Gasteiger partial charge in [0.25, 0.3) is 0 Å². The van der Waals surface area contributed by atoms with Gasteiger partial charge in [0.1, 0.15) is 23.3 Å². The van der Waals surface area contributed by atoms with E-state index in [0.717, 1.165) is 41.4 Å². The second-order valence-electron chi connectivity index (χ2n) is 10.0. The van der Waals surface area contributed by atoms with Crippen molar-refractivity contribution in [1.82, 2.24) is 24.8 Å². The van der Waals surface area contributed by atoms with Crippen LogP contribution in [-0.4, -0.2) is 61.5 Å². The number of anilines is 2. The maximum Gasteiger partial charge on any atom is 0.410 e. The van der Waals surface area contributed by atoms with Crippen LogP contribution in [0.15, 0.2) is 12.3 Å². The first-order valence-electron chi connectivity index (χ1n) is 12.0. The minimum absolute atomic E-state index is 0.0191. The average molecular weight is 487 g/mol. The summed E-state index contributed by atoms with van der Waals surface area (Å²) >= 11 is 1.56. The lowest BCUT2D eigenvalue weighted by molar-refractivity contribution is -0.139. The van der Waals surface area contributed by atoms with Crippen LogP contribution in [0, 0.1) is 13.8 Å². The number of hydrogen-bond acceptors (Lipinski definition) is 8. The van der Waals surface area contributed by atoms with E-state index in [9.17, 15) is 9.59 Å². The second kappa shape index (κ2) is 9.85. The maximum absolute atomic E-state index is 13.7. The van der Waals surface area contributed by atoms with Crippen LogP contribution in [-0.2, 0) is 9.53 Å². The Morgan fingerprint density at radius 3 is 2.56 bits per heavy atom. The normalized spacial score (nSPS) is 21.0. The standard InChI is InChI=1S/C24H34N6O3S/c1-15-14-25-22(34-15)28-20-13-17(26-16(2)27-20)18-10-8-12-29(18)21(31)19-9-6-7-11-30(19)23(32)33-24(3,4)5/h13-14,18-19H,6-12H2,1-5H3,(H,25,26,27,28)/t18-,19+/m1/s1. The molecule has 2 amide bonds. The van der Waals surface area contributed by atoms with Crippen molar-refractivity contribution in [3.63, 3.8) is 0 Å². The molecule has 10 heteroatoms. The molecule has 2 aliphatic rings. The van der Waals surface area contributed by atoms with E-state index in [2.05, 4.69) is 20.3 Å². The van der Waals surface area contributed by atoms with Gasteiger partial charge in [-0.3, -0.25) is 9.69 Å². The zero-order valence-corrected chi connectivity index (χ0v) is 21.4. The van der Waals surface area contributed by atoms with E-state index >= 15 is 0 Å². The summed E-state index contributed by atoms with van der Waals surface area (Å²) in [5.41, 5.74) is 0.213. The van der Waals surface area contributed by atoms with Gasteiger partial charge < -0.3 is 15.0 Å². The minimum atomic E-state index is -0.601. The molecule has 0 aromatic carbocycles. The third kappa shape index (κ3) is 5.65. The Balaban J connectivity index is 1.54. The van der Waals surface area contributed by atoms with Gasteiger partial charge in [-0.15, -0.1) is 11.3 Å². The highest BCUT2D eigenvalue weighted by atomic mass is 32.1. The molecule has 34 heavy (non-hydrogen) atoms. The molecule has 1 N–H and O–H groups in total. The zero-order chi connectivity index (χ0) is 24.5. The second-order valence-corrected chi connectivity index (χ2v) is 11.2. The molecule has 4 rings (SSSR count). The molecule has 184 valence electrons. The van der Waals surface area contributed by atoms with Crippen LogP contribution in [0.3, 0.4) is 0 Å². The van der Waals surface area contributed by atoms with Crippen LogP contribution in [0.5, 0.6) is 0 Å². The van der Waals surface area contributed by atoms with Crippen molar-refractivity contribution in [2.45, 2.75) is 84.4 Å². The molecule has 0 bridgehead atoms. The predicted octanol–water partition coefficient (Wildman–Crippen LogP) is 4.75. The van der Waals surface area contributed by atoms with Crippen molar-refractivity contribution >= 4 is 34.3 Å². The smallest absolute Gasteiger partial charge is 0.410 e. The number of nitrogens with one attached hydrogen (secondary N) is 1. The van der Waals surface area contributed by atoms with E-state index in [-0.39, 0.29) is 11.9 Å². The first-order valence-corrected chi connectivity index (χ1v) is 12.8. The number of carbonyl (C=O) groups is 2. The van der Waals surface area contributed by atoms with E-state index in [1.54, 1.807) is 16.2 Å². The van der Waals surface area contributed by atoms with Gasteiger partial charge in [0.05, 0.1) is 11.7 Å². The Bertz CT molecular complexity index is 1050. The first-order chi connectivity index (χ1) is 16.1. The van der Waals surface area contributed by atoms with Crippen LogP contribution in [0.1, 0.15) is 75.3 Å². The Morgan fingerprint density at radius 1 is 1.09 bits per heavy atom. The van der Waals surface area contributed by atoms with Gasteiger partial charge in [-0.1, -0.05) is 0 Å². The Kier molecular flexibility index (Phi) is 7.06. The number of nitrogens with zero attached hydrogens (tertiary/aromatic N) is 5. The van der Waals surface area contributed by atoms with Crippen molar-refractivity contribution in [3.8, 4) is 0 Å². The van der Waals surface area contributed by atoms with Gasteiger partial charge >= 0.3 is 6.09 Å². The number of thiazole rings is 1. The van der Waals surface area contributed by atoms with Gasteiger partial charge in [0, 0.05) is 30.2 Å². The number of aryl methyl sites for hydroxylation is 2. The van der Waals surface area contributed by atoms with Gasteiger partial charge in [-0.05, 0) is 66.7 Å². The Morgan fingerprint density at radius 2 is 1.85 bits per heavy atom. The fraction of sp³-hybridized carbons (Fsp3) is 0.625. The molecule has 2 aliphatic heterocycles. The maximum atomic E-state index is 13.7. The lowest BCUT2D eigenvalue weighted by Crippen LogP contribution is -2.54. The number of ether oxygens (including phenoxy) is 1. The van der Waals surface area contributed by atoms with E-state index in [1.807, 2.05) is 51.8 Å². The third-order valence-electron chi connectivity index (χ3n) is 6.01. The summed E-state index contributed by atoms with van der Waals surface area (Å²) in [5, 5.41) is 4.04. The van der Waals surface area contributed by atoms with Gasteiger partial charge in [0.15, 0.2) is 5.13 Å². The number of rotatable bonds is 4. The molecular formula is C24H34N6O3S. The molecule has 9 nitrogen and oxygen atoms in total. The van der Waals surface area contributed by atoms with Crippen molar-refractivity contribution in [2.24, 2.45) is 0 Å². The van der Waals surface area contributed by atoms with Gasteiger partial charge in [0.2, 0.25) is 5.91 Å². The summed E-state index contributed by atoms with van der Waals surface area (Å²) in [5.74, 6) is 1.29. The number of aromatic nitrogens is 3. The van der Waals surface area contributed by atoms with Crippen molar-refractivity contribution in [2.75, 3.05) is 18.4 Å². The SMILES string of the molecule is Cc1nc(Nc2ncc(C)s2)cc([C@H]2CCCN2C(=O)[C@@H]2CCCCN2C(=O)OC(C)(C)C)n1. The molecule has 0 unspecified atom stereocenters. The predicted molar refractivity (Wildman–Crippen MR) is 131 cm³/mol. The van der Waals surface area contributed by atoms with E-state index < -0.39 is 17.7 Å². The molecule has 0 aliphatic carbocycles. The van der Waals surface area contributed by atoms with E-state index in [1.165, 1.54) is 0 Å². The Labute approximate surface area is 204 Å². The molecule has 2 fully saturated rings. The molecule has 0 radical (unpaired) electrons. The van der Waals surface area contributed by atoms with Crippen LogP contribution < -0.4 is 5.32 Å². The fourth-order valence-corrected chi connectivity index (χ4v) is 5.28. The Hall–Kier alpha value is -2.75. The number of carbonyl (C=O) groups excluding carboxylic acids is 2. The molecule has 4 heterocycles. The zero-order valence-electron chi connectivity index (χ0n) is 20.6. The van der Waals surface area contributed by atoms with Crippen LogP contribution in [0.2, 0.25) is 0 Å². The van der Waals surface area contributed by atoms with Crippen LogP contribution >= 0.6 is 11.3 Å². The minimum Gasteiger partial charge on any atom is -0.444 e. The molecule has 0 saturated carbocycles. The topological polar surface area (TPSA) is 101 Å². The lowest BCUT2D eigenvalue weighted by Gasteiger charge is -2.38. The molecule has 2 saturated heterocycles. The van der Waals surface area contributed by atoms with Crippen molar-refractivity contribution in [1.29, 1.82) is 0 Å². The monoisotopic (exact) mass is 486 g/mol. The quantitative estimate of drug-likeness (QED) is 0.666. The van der Waals surface area contributed by atoms with E-state index in [0.29, 0.717) is 31.2 Å². The van der Waals surface area contributed by atoms with Crippen LogP contribution in [0.4, 0.5) is 15.7 Å². The average Bonchev–Trinajstić information content (AvgIpc) is 3.41. The van der Waals surface area contributed by atoms with Crippen LogP contribution in [0.25, 0.3) is 0 Å². The van der Waals surface area contributed by atoms with E-state index in [4.69, 9.17) is 4.74 Å². The largest absolute Gasteiger partial charge is 0.444 e. The first kappa shape index (κ1) is 24.4. The number of likely N-dealkylation sites (tertiary alicyclic amines) is 2. The van der Waals surface area contributed by atoms with Crippen molar-refractivity contribution < 1.29 is 14.3 Å². The highest BCUT2D eigenvalue weighted by Crippen LogP contribution is 2.35. The number of amides is 2. The molecular weight excluding hydrogens is 452 g/mol. The summed E-state index contributed by atoms with van der Waals surface area (Å²) in [4.78, 5) is 44.8. The molecule has 2 aromatic rings. The van der Waals surface area contributed by atoms with Crippen molar-refractivity contribution in [3.05, 3.63) is 28.7 Å². The summed E-state index contributed by atoms with van der Waals surface area (Å²) < 4.78 is 5.60. The molecule has 0 spiro atoms. The molecule has 2 atom stereocenters. The number of hydrogen-bond donors (Lipinski definition) is 1. The van der Waals surface area contributed by atoms with Gasteiger partial charge in [-0.2, -0.15) is 0 Å². The highest BCUT2D eigenvalue weighted by molar-refractivity contribution is 7.15. The van der Waals surface area contributed by atoms with Gasteiger partial charge in [-0.25, -0.2) is 19.7 Å². The summed E-state index contributed by atoms with van der Waals surface area (Å²) in [6.45, 7) is 10.6. The summed E-state index contributed by atoms with van der Waals surface area (Å²) in [7, 11) is 0. The fourth-order valence-electron chi connectivity index (χ4n) is 4.60.